The Morgan fingerprint density at radius 3 is 1.27 bits per heavy atom. The van der Waals surface area contributed by atoms with Gasteiger partial charge in [-0.25, -0.2) is 23.3 Å². The molecule has 0 bridgehead atoms. The summed E-state index contributed by atoms with van der Waals surface area (Å²) in [5.74, 6) is 1.21. The van der Waals surface area contributed by atoms with Crippen molar-refractivity contribution in [3.63, 3.8) is 0 Å². The van der Waals surface area contributed by atoms with Gasteiger partial charge in [0.05, 0.1) is 0 Å². The van der Waals surface area contributed by atoms with Gasteiger partial charge < -0.3 is 24.8 Å². The van der Waals surface area contributed by atoms with E-state index in [0.29, 0.717) is 11.8 Å². The molecule has 2 atom stereocenters. The molecule has 2 aliphatic rings. The zero-order valence-corrected chi connectivity index (χ0v) is 17.7. The molecule has 124 valence electrons. The molecule has 2 rings (SSSR count). The molecule has 0 aromatic heterocycles. The van der Waals surface area contributed by atoms with Crippen molar-refractivity contribution in [2.75, 3.05) is 0 Å². The molecule has 0 N–H and O–H groups in total. The summed E-state index contributed by atoms with van der Waals surface area (Å²) in [6.45, 7) is 12.7. The number of allylic oxidation sites excluding steroid dienone is 8. The van der Waals surface area contributed by atoms with E-state index in [1.165, 1.54) is 27.8 Å². The molecule has 22 heavy (non-hydrogen) atoms. The third-order valence-corrected chi connectivity index (χ3v) is 2.86. The second kappa shape index (κ2) is 16.0. The monoisotopic (exact) mass is 374 g/mol. The third kappa shape index (κ3) is 15.0. The fourth-order valence-corrected chi connectivity index (χ4v) is 1.77. The maximum absolute atomic E-state index is 3.31. The van der Waals surface area contributed by atoms with Crippen LogP contribution < -0.4 is 24.8 Å². The van der Waals surface area contributed by atoms with E-state index >= 15 is 0 Å². The van der Waals surface area contributed by atoms with Crippen LogP contribution >= 0.6 is 0 Å². The summed E-state index contributed by atoms with van der Waals surface area (Å²) in [5, 5.41) is 0. The molecular formula is C19H28Cl2Ti-2. The van der Waals surface area contributed by atoms with E-state index in [0.717, 1.165) is 0 Å². The molecule has 0 saturated heterocycles. The third-order valence-electron chi connectivity index (χ3n) is 2.86. The topological polar surface area (TPSA) is 0 Å². The van der Waals surface area contributed by atoms with Crippen LogP contribution in [0.3, 0.4) is 0 Å². The van der Waals surface area contributed by atoms with E-state index < -0.39 is 0 Å². The Morgan fingerprint density at radius 2 is 1.18 bits per heavy atom. The van der Waals surface area contributed by atoms with Crippen molar-refractivity contribution in [3.8, 4) is 0 Å². The van der Waals surface area contributed by atoms with Gasteiger partial charge in [0.25, 0.3) is 0 Å². The second-order valence-corrected chi connectivity index (χ2v) is 6.96. The first-order chi connectivity index (χ1) is 9.38. The molecule has 0 saturated carbocycles. The smallest absolute Gasteiger partial charge is 1.00 e. The van der Waals surface area contributed by atoms with Crippen molar-refractivity contribution >= 4 is 3.81 Å². The van der Waals surface area contributed by atoms with Gasteiger partial charge in [0.2, 0.25) is 0 Å². The fourth-order valence-electron chi connectivity index (χ4n) is 1.77. The number of rotatable bonds is 2. The van der Waals surface area contributed by atoms with E-state index in [1.54, 1.807) is 0 Å². The molecule has 0 spiro atoms. The van der Waals surface area contributed by atoms with Gasteiger partial charge in [0, 0.05) is 0 Å². The Morgan fingerprint density at radius 1 is 0.909 bits per heavy atom. The van der Waals surface area contributed by atoms with Gasteiger partial charge in [-0.1, -0.05) is 52.4 Å². The first-order valence-electron chi connectivity index (χ1n) is 7.47. The van der Waals surface area contributed by atoms with Crippen molar-refractivity contribution in [3.05, 3.63) is 47.6 Å². The van der Waals surface area contributed by atoms with E-state index in [-0.39, 0.29) is 24.8 Å². The molecule has 0 heterocycles. The minimum Gasteiger partial charge on any atom is -1.00 e. The summed E-state index contributed by atoms with van der Waals surface area (Å²) in [6, 6.07) is 0. The first kappa shape index (κ1) is 27.0. The predicted octanol–water partition coefficient (Wildman–Crippen LogP) is -0.583. The minimum absolute atomic E-state index is 0. The summed E-state index contributed by atoms with van der Waals surface area (Å²) in [5.41, 5.74) is 2.58. The van der Waals surface area contributed by atoms with Gasteiger partial charge in [0.1, 0.15) is 0 Å². The summed E-state index contributed by atoms with van der Waals surface area (Å²) in [6.07, 6.45) is 17.7. The zero-order valence-electron chi connectivity index (χ0n) is 14.6. The molecule has 0 aromatic rings. The molecule has 0 nitrogen and oxygen atoms in total. The number of hydrogen-bond acceptors (Lipinski definition) is 0. The van der Waals surface area contributed by atoms with E-state index in [2.05, 4.69) is 98.0 Å². The molecule has 0 radical (unpaired) electrons. The van der Waals surface area contributed by atoms with E-state index in [9.17, 15) is 0 Å². The van der Waals surface area contributed by atoms with Gasteiger partial charge in [-0.05, 0) is 0 Å². The standard InChI is InChI=1S/2C8H11.C3H6.2ClH.Ti/c2*1-3-8-5-4-7(2)6-8;1-3-2;;;/h2*4-5,8H,3H2,1-2H3;1-2H3;2*1H;/q2*-1;;;;+2/p-2. The largest absolute Gasteiger partial charge is 1.00 e. The Bertz CT molecular complexity index is 379. The van der Waals surface area contributed by atoms with Gasteiger partial charge in [-0.15, -0.1) is 0 Å². The van der Waals surface area contributed by atoms with Crippen LogP contribution in [0.5, 0.6) is 0 Å². The van der Waals surface area contributed by atoms with E-state index in [1.807, 2.05) is 0 Å². The predicted molar refractivity (Wildman–Crippen MR) is 87.1 cm³/mol. The zero-order chi connectivity index (χ0) is 15.5. The minimum atomic E-state index is 0. The molecule has 2 unspecified atom stereocenters. The van der Waals surface area contributed by atoms with Crippen LogP contribution in [-0.2, 0) is 20.0 Å². The molecule has 2 aliphatic carbocycles. The van der Waals surface area contributed by atoms with Gasteiger partial charge >= 0.3 is 37.6 Å². The van der Waals surface area contributed by atoms with Crippen LogP contribution in [0.2, 0.25) is 0 Å². The molecular weight excluding hydrogens is 347 g/mol. The summed E-state index contributed by atoms with van der Waals surface area (Å²) >= 11 is 2.08. The van der Waals surface area contributed by atoms with Gasteiger partial charge in [-0.3, -0.25) is 12.2 Å². The van der Waals surface area contributed by atoms with Crippen molar-refractivity contribution in [1.29, 1.82) is 0 Å². The molecule has 0 fully saturated rings. The number of hydrogen-bond donors (Lipinski definition) is 0. The van der Waals surface area contributed by atoms with Crippen molar-refractivity contribution in [1.82, 2.24) is 0 Å². The van der Waals surface area contributed by atoms with Gasteiger partial charge in [-0.2, -0.15) is 12.2 Å². The Kier molecular flexibility index (Phi) is 19.6. The quantitative estimate of drug-likeness (QED) is 0.448. The van der Waals surface area contributed by atoms with Crippen LogP contribution in [0.1, 0.15) is 54.4 Å². The molecule has 3 heteroatoms. The molecule has 0 aromatic carbocycles. The molecule has 0 amide bonds. The van der Waals surface area contributed by atoms with Crippen LogP contribution in [0.4, 0.5) is 0 Å². The summed E-state index contributed by atoms with van der Waals surface area (Å²) in [4.78, 5) is 0. The average Bonchev–Trinajstić information content (AvgIpc) is 2.97. The van der Waals surface area contributed by atoms with Crippen LogP contribution in [0.25, 0.3) is 0 Å². The van der Waals surface area contributed by atoms with Crippen molar-refractivity contribution in [2.24, 2.45) is 11.8 Å². The fraction of sp³-hybridized carbons (Fsp3) is 0.526. The van der Waals surface area contributed by atoms with Crippen molar-refractivity contribution in [2.45, 2.75) is 54.4 Å². The van der Waals surface area contributed by atoms with Crippen molar-refractivity contribution < 1.29 is 44.8 Å². The maximum Gasteiger partial charge on any atom is -1.00 e. The van der Waals surface area contributed by atoms with Crippen LogP contribution in [0, 0.1) is 24.0 Å². The van der Waals surface area contributed by atoms with Gasteiger partial charge in [0.15, 0.2) is 0 Å². The summed E-state index contributed by atoms with van der Waals surface area (Å²) < 4.78 is 1.42. The SMILES string of the molecule is CCC1[C-]=C(C)C=C1.CCC1[C-]=C(C)C=C1.C[C](C)=[Ti+2].[Cl-].[Cl-]. The van der Waals surface area contributed by atoms with E-state index in [4.69, 9.17) is 0 Å². The Labute approximate surface area is 162 Å². The van der Waals surface area contributed by atoms with Crippen LogP contribution in [-0.4, -0.2) is 3.81 Å². The summed E-state index contributed by atoms with van der Waals surface area (Å²) in [7, 11) is 0. The Balaban J connectivity index is -0.000000249. The first-order valence-corrected chi connectivity index (χ1v) is 8.25. The Hall–Kier alpha value is 0.124. The second-order valence-electron chi connectivity index (χ2n) is 5.40. The number of halogens is 2. The molecule has 0 aliphatic heterocycles. The normalized spacial score (nSPS) is 20.4. The maximum atomic E-state index is 3.31. The average molecular weight is 375 g/mol. The van der Waals surface area contributed by atoms with Crippen LogP contribution in [0.15, 0.2) is 35.5 Å².